The largest absolute Gasteiger partial charge is 0.371 e. The molecular formula is C42H48O4. The van der Waals surface area contributed by atoms with Gasteiger partial charge in [0.25, 0.3) is 0 Å². The molecule has 4 aromatic rings. The lowest BCUT2D eigenvalue weighted by Gasteiger charge is -2.25. The molecule has 0 spiro atoms. The van der Waals surface area contributed by atoms with Crippen LogP contribution in [0.3, 0.4) is 0 Å². The van der Waals surface area contributed by atoms with E-state index in [1.165, 1.54) is 22.3 Å². The minimum absolute atomic E-state index is 0.0664. The lowest BCUT2D eigenvalue weighted by Crippen LogP contribution is -2.30. The average Bonchev–Trinajstić information content (AvgIpc) is 3.45. The molecule has 0 amide bonds. The molecule has 2 aliphatic carbocycles. The highest BCUT2D eigenvalue weighted by atomic mass is 16.5. The Kier molecular flexibility index (Phi) is 12.3. The number of hydrogen-bond donors (Lipinski definition) is 0. The van der Waals surface area contributed by atoms with Crippen LogP contribution in [0.4, 0.5) is 0 Å². The van der Waals surface area contributed by atoms with Gasteiger partial charge in [0.05, 0.1) is 50.8 Å². The van der Waals surface area contributed by atoms with Gasteiger partial charge in [-0.1, -0.05) is 132 Å². The monoisotopic (exact) mass is 616 g/mol. The van der Waals surface area contributed by atoms with Gasteiger partial charge >= 0.3 is 0 Å². The van der Waals surface area contributed by atoms with E-state index in [1.54, 1.807) is 11.1 Å². The molecule has 0 aliphatic heterocycles. The van der Waals surface area contributed by atoms with Gasteiger partial charge in [0.15, 0.2) is 0 Å². The van der Waals surface area contributed by atoms with Gasteiger partial charge in [-0.15, -0.1) is 0 Å². The summed E-state index contributed by atoms with van der Waals surface area (Å²) in [5.41, 5.74) is 8.03. The number of benzene rings is 4. The zero-order chi connectivity index (χ0) is 31.2. The van der Waals surface area contributed by atoms with Crippen molar-refractivity contribution < 1.29 is 18.9 Å². The zero-order valence-electron chi connectivity index (χ0n) is 27.0. The number of ether oxygens (including phenoxy) is 4. The molecule has 2 fully saturated rings. The normalized spacial score (nSPS) is 22.3. The second-order valence-corrected chi connectivity index (χ2v) is 12.7. The van der Waals surface area contributed by atoms with Crippen LogP contribution in [0.2, 0.25) is 0 Å². The molecule has 2 saturated carbocycles. The van der Waals surface area contributed by atoms with Gasteiger partial charge in [0.2, 0.25) is 0 Å². The summed E-state index contributed by atoms with van der Waals surface area (Å²) < 4.78 is 26.4. The Bertz CT molecular complexity index is 1230. The van der Waals surface area contributed by atoms with Crippen LogP contribution < -0.4 is 0 Å². The molecule has 46 heavy (non-hydrogen) atoms. The smallest absolute Gasteiger partial charge is 0.0844 e. The molecule has 4 nitrogen and oxygen atoms in total. The minimum Gasteiger partial charge on any atom is -0.371 e. The average molecular weight is 617 g/mol. The first-order valence-electron chi connectivity index (χ1n) is 17.1. The SMILES string of the molecule is c1ccc(COC2CCC(=C3CCC(OCc4ccccc4)C(OCc4ccccc4)CC3)CCC2OCc2ccccc2)cc1. The highest BCUT2D eigenvalue weighted by Gasteiger charge is 2.31. The molecule has 0 aromatic heterocycles. The van der Waals surface area contributed by atoms with Crippen LogP contribution in [0.1, 0.15) is 73.6 Å². The van der Waals surface area contributed by atoms with Gasteiger partial charge in [-0.3, -0.25) is 0 Å². The summed E-state index contributed by atoms with van der Waals surface area (Å²) >= 11 is 0. The third-order valence-electron chi connectivity index (χ3n) is 9.48. The summed E-state index contributed by atoms with van der Waals surface area (Å²) in [5.74, 6) is 0. The highest BCUT2D eigenvalue weighted by molar-refractivity contribution is 5.20. The first-order chi connectivity index (χ1) is 22.8. The third kappa shape index (κ3) is 9.73. The summed E-state index contributed by atoms with van der Waals surface area (Å²) in [6, 6.07) is 42.0. The summed E-state index contributed by atoms with van der Waals surface area (Å²) in [6.45, 7) is 2.46. The molecule has 0 heterocycles. The van der Waals surface area contributed by atoms with Crippen LogP contribution in [-0.4, -0.2) is 24.4 Å². The van der Waals surface area contributed by atoms with Gasteiger partial charge in [0, 0.05) is 0 Å². The van der Waals surface area contributed by atoms with Gasteiger partial charge < -0.3 is 18.9 Å². The van der Waals surface area contributed by atoms with E-state index in [-0.39, 0.29) is 24.4 Å². The van der Waals surface area contributed by atoms with E-state index in [1.807, 2.05) is 0 Å². The van der Waals surface area contributed by atoms with E-state index in [9.17, 15) is 0 Å². The molecule has 0 radical (unpaired) electrons. The van der Waals surface area contributed by atoms with Crippen LogP contribution in [0.25, 0.3) is 0 Å². The van der Waals surface area contributed by atoms with E-state index in [2.05, 4.69) is 121 Å². The molecule has 4 aromatic carbocycles. The van der Waals surface area contributed by atoms with Crippen molar-refractivity contribution in [3.8, 4) is 0 Å². The molecule has 2 aliphatic rings. The lowest BCUT2D eigenvalue weighted by atomic mass is 9.95. The van der Waals surface area contributed by atoms with E-state index < -0.39 is 0 Å². The Labute approximate surface area is 275 Å². The Morgan fingerprint density at radius 2 is 0.543 bits per heavy atom. The fourth-order valence-corrected chi connectivity index (χ4v) is 6.84. The quantitative estimate of drug-likeness (QED) is 0.117. The van der Waals surface area contributed by atoms with Crippen LogP contribution in [0.15, 0.2) is 132 Å². The van der Waals surface area contributed by atoms with Crippen molar-refractivity contribution in [2.75, 3.05) is 0 Å². The van der Waals surface area contributed by atoms with Crippen LogP contribution in [0, 0.1) is 0 Å². The Morgan fingerprint density at radius 3 is 0.761 bits per heavy atom. The van der Waals surface area contributed by atoms with E-state index >= 15 is 0 Å². The molecule has 4 unspecified atom stereocenters. The lowest BCUT2D eigenvalue weighted by molar-refractivity contribution is -0.0879. The molecule has 4 atom stereocenters. The van der Waals surface area contributed by atoms with E-state index in [4.69, 9.17) is 18.9 Å². The fraction of sp³-hybridized carbons (Fsp3) is 0.381. The fourth-order valence-electron chi connectivity index (χ4n) is 6.84. The summed E-state index contributed by atoms with van der Waals surface area (Å²) in [5, 5.41) is 0. The molecule has 0 saturated heterocycles. The molecule has 4 heteroatoms. The standard InChI is InChI=1S/C42H48O4/c1-5-13-33(14-6-1)29-43-39-25-21-37(22-26-40(39)44-30-34-15-7-2-8-16-34)38-23-27-41(45-31-35-17-9-3-10-18-35)42(28-24-38)46-32-36-19-11-4-12-20-36/h1-20,39-42H,21-32H2. The van der Waals surface area contributed by atoms with Gasteiger partial charge in [-0.25, -0.2) is 0 Å². The Morgan fingerprint density at radius 1 is 0.326 bits per heavy atom. The predicted molar refractivity (Wildman–Crippen MR) is 184 cm³/mol. The van der Waals surface area contributed by atoms with Gasteiger partial charge in [0.1, 0.15) is 0 Å². The minimum atomic E-state index is 0.0664. The number of hydrogen-bond acceptors (Lipinski definition) is 4. The Hall–Kier alpha value is -3.54. The molecule has 240 valence electrons. The number of allylic oxidation sites excluding steroid dienone is 2. The van der Waals surface area contributed by atoms with Crippen molar-refractivity contribution in [2.24, 2.45) is 0 Å². The molecule has 0 bridgehead atoms. The molecular weight excluding hydrogens is 568 g/mol. The zero-order valence-corrected chi connectivity index (χ0v) is 27.0. The van der Waals surface area contributed by atoms with Crippen molar-refractivity contribution in [1.82, 2.24) is 0 Å². The van der Waals surface area contributed by atoms with E-state index in [0.717, 1.165) is 51.4 Å². The van der Waals surface area contributed by atoms with Crippen molar-refractivity contribution in [3.05, 3.63) is 155 Å². The second kappa shape index (κ2) is 17.4. The van der Waals surface area contributed by atoms with Gasteiger partial charge in [-0.05, 0) is 73.6 Å². The number of rotatable bonds is 12. The van der Waals surface area contributed by atoms with Crippen molar-refractivity contribution in [3.63, 3.8) is 0 Å². The first-order valence-corrected chi connectivity index (χ1v) is 17.1. The molecule has 6 rings (SSSR count). The van der Waals surface area contributed by atoms with Crippen molar-refractivity contribution in [2.45, 2.75) is 102 Å². The maximum Gasteiger partial charge on any atom is 0.0844 e. The van der Waals surface area contributed by atoms with Gasteiger partial charge in [-0.2, -0.15) is 0 Å². The topological polar surface area (TPSA) is 36.9 Å². The predicted octanol–water partition coefficient (Wildman–Crippen LogP) is 9.77. The third-order valence-corrected chi connectivity index (χ3v) is 9.48. The maximum absolute atomic E-state index is 6.60. The van der Waals surface area contributed by atoms with Crippen molar-refractivity contribution in [1.29, 1.82) is 0 Å². The summed E-state index contributed by atoms with van der Waals surface area (Å²) in [7, 11) is 0. The maximum atomic E-state index is 6.60. The highest BCUT2D eigenvalue weighted by Crippen LogP contribution is 2.36. The van der Waals surface area contributed by atoms with Crippen LogP contribution in [-0.2, 0) is 45.4 Å². The summed E-state index contributed by atoms with van der Waals surface area (Å²) in [6.07, 6.45) is 8.42. The molecule has 0 N–H and O–H groups in total. The second-order valence-electron chi connectivity index (χ2n) is 12.7. The van der Waals surface area contributed by atoms with Crippen LogP contribution in [0.5, 0.6) is 0 Å². The first kappa shape index (κ1) is 32.4. The van der Waals surface area contributed by atoms with Crippen molar-refractivity contribution >= 4 is 0 Å². The van der Waals surface area contributed by atoms with Crippen LogP contribution >= 0.6 is 0 Å². The summed E-state index contributed by atoms with van der Waals surface area (Å²) in [4.78, 5) is 0. The Balaban J connectivity index is 1.14. The van der Waals surface area contributed by atoms with E-state index in [0.29, 0.717) is 26.4 Å².